The minimum atomic E-state index is -4.42. The Bertz CT molecular complexity index is 618. The van der Waals surface area contributed by atoms with Crippen LogP contribution < -0.4 is 4.57 Å². The molecule has 0 bridgehead atoms. The van der Waals surface area contributed by atoms with Gasteiger partial charge in [0.2, 0.25) is 10.4 Å². The first-order valence-electron chi connectivity index (χ1n) is 7.63. The highest BCUT2D eigenvalue weighted by atomic mass is 32.3. The average Bonchev–Trinajstić information content (AvgIpc) is 2.53. The predicted octanol–water partition coefficient (Wildman–Crippen LogP) is 0.515. The van der Waals surface area contributed by atoms with E-state index in [0.717, 1.165) is 0 Å². The monoisotopic (exact) mass is 377 g/mol. The van der Waals surface area contributed by atoms with Gasteiger partial charge in [-0.2, -0.15) is 4.57 Å². The molecule has 1 unspecified atom stereocenters. The van der Waals surface area contributed by atoms with Crippen molar-refractivity contribution in [3.8, 4) is 0 Å². The van der Waals surface area contributed by atoms with Crippen LogP contribution in [0.5, 0.6) is 0 Å². The van der Waals surface area contributed by atoms with E-state index in [1.165, 1.54) is 6.92 Å². The molecular formula is C15H23NO8S. The third-order valence-corrected chi connectivity index (χ3v) is 3.11. The van der Waals surface area contributed by atoms with E-state index in [1.807, 2.05) is 6.07 Å². The lowest BCUT2D eigenvalue weighted by Crippen LogP contribution is -2.45. The number of ether oxygens (including phenoxy) is 2. The van der Waals surface area contributed by atoms with Gasteiger partial charge in [0.1, 0.15) is 6.42 Å². The lowest BCUT2D eigenvalue weighted by atomic mass is 10.2. The van der Waals surface area contributed by atoms with Gasteiger partial charge in [0, 0.05) is 12.1 Å². The molecule has 0 aliphatic rings. The Morgan fingerprint density at radius 2 is 1.56 bits per heavy atom. The number of hydrogen-bond acceptors (Lipinski definition) is 8. The van der Waals surface area contributed by atoms with Gasteiger partial charge in [0.25, 0.3) is 6.04 Å². The van der Waals surface area contributed by atoms with Crippen molar-refractivity contribution >= 4 is 22.3 Å². The summed E-state index contributed by atoms with van der Waals surface area (Å²) in [7, 11) is -4.42. The largest absolute Gasteiger partial charge is 0.726 e. The van der Waals surface area contributed by atoms with Crippen LogP contribution in [-0.2, 0) is 33.6 Å². The second-order valence-electron chi connectivity index (χ2n) is 4.41. The SMILES string of the molecule is CCOC(=O)CC(C(=O)OCC)[n+]1ccccc1.CCOS(=O)(=O)[O-]. The zero-order valence-electron chi connectivity index (χ0n) is 14.4. The van der Waals surface area contributed by atoms with Crippen LogP contribution in [0.4, 0.5) is 0 Å². The molecule has 1 aromatic rings. The summed E-state index contributed by atoms with van der Waals surface area (Å²) in [6.07, 6.45) is 3.42. The lowest BCUT2D eigenvalue weighted by molar-refractivity contribution is -0.710. The summed E-state index contributed by atoms with van der Waals surface area (Å²) in [6, 6.07) is 4.74. The molecular weight excluding hydrogens is 354 g/mol. The highest BCUT2D eigenvalue weighted by Gasteiger charge is 2.32. The van der Waals surface area contributed by atoms with E-state index in [0.29, 0.717) is 6.61 Å². The van der Waals surface area contributed by atoms with Crippen molar-refractivity contribution in [3.05, 3.63) is 30.6 Å². The number of pyridine rings is 1. The molecule has 1 rings (SSSR count). The third kappa shape index (κ3) is 11.2. The molecule has 25 heavy (non-hydrogen) atoms. The Morgan fingerprint density at radius 1 is 1.00 bits per heavy atom. The van der Waals surface area contributed by atoms with E-state index in [4.69, 9.17) is 9.47 Å². The molecule has 9 nitrogen and oxygen atoms in total. The molecule has 0 radical (unpaired) electrons. The maximum Gasteiger partial charge on any atom is 0.376 e. The van der Waals surface area contributed by atoms with Gasteiger partial charge in [0.15, 0.2) is 12.4 Å². The van der Waals surface area contributed by atoms with Crippen molar-refractivity contribution in [1.29, 1.82) is 0 Å². The summed E-state index contributed by atoms with van der Waals surface area (Å²) in [5, 5.41) is 0. The number of nitrogens with zero attached hydrogens (tertiary/aromatic N) is 1. The minimum Gasteiger partial charge on any atom is -0.726 e. The zero-order chi connectivity index (χ0) is 19.3. The molecule has 0 saturated heterocycles. The van der Waals surface area contributed by atoms with Crippen molar-refractivity contribution in [2.45, 2.75) is 33.2 Å². The van der Waals surface area contributed by atoms with Crippen LogP contribution >= 0.6 is 0 Å². The fourth-order valence-corrected chi connectivity index (χ4v) is 1.98. The first-order chi connectivity index (χ1) is 11.7. The molecule has 10 heteroatoms. The second kappa shape index (κ2) is 12.3. The number of aromatic nitrogens is 1. The maximum absolute atomic E-state index is 11.8. The topological polar surface area (TPSA) is 123 Å². The van der Waals surface area contributed by atoms with E-state index < -0.39 is 28.4 Å². The summed E-state index contributed by atoms with van der Waals surface area (Å²) >= 11 is 0. The van der Waals surface area contributed by atoms with Crippen LogP contribution in [0, 0.1) is 0 Å². The number of carbonyl (C=O) groups is 2. The van der Waals surface area contributed by atoms with Crippen molar-refractivity contribution in [3.63, 3.8) is 0 Å². The van der Waals surface area contributed by atoms with Gasteiger partial charge < -0.3 is 14.0 Å². The highest BCUT2D eigenvalue weighted by Crippen LogP contribution is 2.07. The molecule has 1 atom stereocenters. The Balaban J connectivity index is 0.000000697. The van der Waals surface area contributed by atoms with Crippen molar-refractivity contribution in [1.82, 2.24) is 0 Å². The molecule has 1 aromatic heterocycles. The molecule has 0 spiro atoms. The number of carbonyl (C=O) groups excluding carboxylic acids is 2. The average molecular weight is 377 g/mol. The van der Waals surface area contributed by atoms with Crippen LogP contribution in [0.2, 0.25) is 0 Å². The van der Waals surface area contributed by atoms with Crippen molar-refractivity contribution < 1.29 is 40.8 Å². The predicted molar refractivity (Wildman–Crippen MR) is 84.9 cm³/mol. The third-order valence-electron chi connectivity index (χ3n) is 2.58. The van der Waals surface area contributed by atoms with Gasteiger partial charge in [-0.1, -0.05) is 6.07 Å². The lowest BCUT2D eigenvalue weighted by Gasteiger charge is -2.10. The Labute approximate surface area is 147 Å². The Morgan fingerprint density at radius 3 is 1.96 bits per heavy atom. The minimum absolute atomic E-state index is 0.0264. The molecule has 0 amide bonds. The zero-order valence-corrected chi connectivity index (χ0v) is 15.2. The number of rotatable bonds is 8. The smallest absolute Gasteiger partial charge is 0.376 e. The van der Waals surface area contributed by atoms with Crippen molar-refractivity contribution in [2.24, 2.45) is 0 Å². The maximum atomic E-state index is 11.8. The van der Waals surface area contributed by atoms with E-state index in [1.54, 1.807) is 42.9 Å². The highest BCUT2D eigenvalue weighted by molar-refractivity contribution is 7.80. The summed E-state index contributed by atoms with van der Waals surface area (Å²) in [4.78, 5) is 23.3. The molecule has 0 N–H and O–H groups in total. The molecule has 0 aromatic carbocycles. The van der Waals surface area contributed by atoms with Gasteiger partial charge >= 0.3 is 11.9 Å². The molecule has 1 heterocycles. The van der Waals surface area contributed by atoms with E-state index in [2.05, 4.69) is 4.18 Å². The fraction of sp³-hybridized carbons (Fsp3) is 0.533. The summed E-state index contributed by atoms with van der Waals surface area (Å²) in [5.41, 5.74) is 0. The van der Waals surface area contributed by atoms with Crippen LogP contribution in [-0.4, -0.2) is 44.7 Å². The normalized spacial score (nSPS) is 11.7. The molecule has 0 aliphatic carbocycles. The second-order valence-corrected chi connectivity index (χ2v) is 5.47. The molecule has 0 aliphatic heterocycles. The van der Waals surface area contributed by atoms with Gasteiger partial charge in [-0.15, -0.1) is 0 Å². The molecule has 142 valence electrons. The van der Waals surface area contributed by atoms with Gasteiger partial charge in [-0.05, 0) is 20.8 Å². The molecule has 0 saturated carbocycles. The van der Waals surface area contributed by atoms with Gasteiger partial charge in [0.05, 0.1) is 19.8 Å². The number of esters is 2. The van der Waals surface area contributed by atoms with E-state index in [9.17, 15) is 22.6 Å². The summed E-state index contributed by atoms with van der Waals surface area (Å²) in [6.45, 7) is 5.38. The molecule has 0 fully saturated rings. The van der Waals surface area contributed by atoms with Gasteiger partial charge in [-0.25, -0.2) is 13.2 Å². The summed E-state index contributed by atoms with van der Waals surface area (Å²) < 4.78 is 43.5. The van der Waals surface area contributed by atoms with Crippen LogP contribution in [0.3, 0.4) is 0 Å². The Kier molecular flexibility index (Phi) is 11.3. The summed E-state index contributed by atoms with van der Waals surface area (Å²) in [5.74, 6) is -0.839. The first-order valence-corrected chi connectivity index (χ1v) is 8.96. The van der Waals surface area contributed by atoms with Crippen LogP contribution in [0.1, 0.15) is 33.2 Å². The quantitative estimate of drug-likeness (QED) is 0.278. The Hall–Kier alpha value is -2.04. The van der Waals surface area contributed by atoms with Crippen LogP contribution in [0.15, 0.2) is 30.6 Å². The fourth-order valence-electron chi connectivity index (χ4n) is 1.69. The van der Waals surface area contributed by atoms with Crippen molar-refractivity contribution in [2.75, 3.05) is 19.8 Å². The van der Waals surface area contributed by atoms with Crippen LogP contribution in [0.25, 0.3) is 0 Å². The number of hydrogen-bond donors (Lipinski definition) is 0. The van der Waals surface area contributed by atoms with E-state index >= 15 is 0 Å². The van der Waals surface area contributed by atoms with Gasteiger partial charge in [-0.3, -0.25) is 8.98 Å². The van der Waals surface area contributed by atoms with E-state index in [-0.39, 0.29) is 19.6 Å². The first kappa shape index (κ1) is 23.0. The standard InChI is InChI=1S/C13H18NO4.C2H6O4S/c1-3-17-12(15)10-11(13(16)18-4-2)14-8-6-5-7-9-14;1-2-6-7(3,4)5/h5-9,11H,3-4,10H2,1-2H3;2H2,1H3,(H,3,4,5)/q+1;/p-1.